The third-order valence-corrected chi connectivity index (χ3v) is 14.0. The van der Waals surface area contributed by atoms with Crippen LogP contribution in [0, 0.1) is 0 Å². The van der Waals surface area contributed by atoms with Crippen LogP contribution in [0.5, 0.6) is 0 Å². The molecule has 0 aromatic carbocycles. The number of ether oxygens (including phenoxy) is 36. The Morgan fingerprint density at radius 2 is 0.297 bits per heavy atom. The van der Waals surface area contributed by atoms with E-state index < -0.39 is 11.7 Å². The summed E-state index contributed by atoms with van der Waals surface area (Å²) in [4.78, 5) is 14.2. The standard InChI is InChI=1S/C77H154N4O37/c1-77(2,3)118-76(82)79-4-6-83-8-10-85-12-14-87-16-18-89-20-22-91-24-26-93-28-30-95-32-34-97-36-38-99-40-42-101-44-46-103-48-50-105-52-54-107-56-58-109-60-62-111-64-66-113-68-70-115-72-74-117-75-73-116-71-69-114-67-65-112-63-61-110-59-57-108-55-53-106-51-49-104-47-45-102-43-41-100-39-37-98-35-33-96-31-29-94-27-25-92-23-21-90-19-17-88-15-13-86-11-9-84-7-5-80-81-78/h4-75H2,1-3H3,(H,79,82). The third kappa shape index (κ3) is 111. The van der Waals surface area contributed by atoms with E-state index in [4.69, 9.17) is 176 Å². The summed E-state index contributed by atoms with van der Waals surface area (Å²) < 4.78 is 198. The highest BCUT2D eigenvalue weighted by Gasteiger charge is 2.15. The first-order chi connectivity index (χ1) is 58.5. The number of alkyl carbamates (subject to hydrolysis) is 1. The molecule has 0 saturated carbocycles. The van der Waals surface area contributed by atoms with Crippen LogP contribution in [-0.2, 0) is 171 Å². The van der Waals surface area contributed by atoms with Crippen LogP contribution < -0.4 is 5.32 Å². The van der Waals surface area contributed by atoms with Gasteiger partial charge in [-0.05, 0) is 26.3 Å². The molecule has 0 heterocycles. The maximum atomic E-state index is 11.6. The molecule has 0 aliphatic rings. The largest absolute Gasteiger partial charge is 0.444 e. The Morgan fingerprint density at radius 3 is 0.398 bits per heavy atom. The van der Waals surface area contributed by atoms with E-state index in [0.29, 0.717) is 476 Å². The average molecular weight is 1730 g/mol. The van der Waals surface area contributed by atoms with E-state index in [9.17, 15) is 4.79 Å². The van der Waals surface area contributed by atoms with Crippen molar-refractivity contribution in [1.82, 2.24) is 5.32 Å². The van der Waals surface area contributed by atoms with Crippen LogP contribution in [0.15, 0.2) is 5.11 Å². The minimum absolute atomic E-state index is 0.317. The molecule has 0 aliphatic heterocycles. The maximum Gasteiger partial charge on any atom is 0.407 e. The molecule has 0 rings (SSSR count). The van der Waals surface area contributed by atoms with Gasteiger partial charge in [-0.25, -0.2) is 4.79 Å². The van der Waals surface area contributed by atoms with E-state index in [1.54, 1.807) is 0 Å². The van der Waals surface area contributed by atoms with Gasteiger partial charge in [0.2, 0.25) is 0 Å². The van der Waals surface area contributed by atoms with Crippen LogP contribution in [0.2, 0.25) is 0 Å². The molecule has 0 atom stereocenters. The Bertz CT molecular complexity index is 1890. The number of hydrogen-bond donors (Lipinski definition) is 1. The molecule has 0 aromatic heterocycles. The Balaban J connectivity index is 3.11. The zero-order valence-electron chi connectivity index (χ0n) is 71.9. The van der Waals surface area contributed by atoms with Crippen molar-refractivity contribution in [3.05, 3.63) is 10.4 Å². The number of hydrogen-bond acceptors (Lipinski definition) is 38. The molecule has 118 heavy (non-hydrogen) atoms. The Labute approximate surface area is 701 Å². The van der Waals surface area contributed by atoms with Gasteiger partial charge in [-0.3, -0.25) is 0 Å². The Kier molecular flexibility index (Phi) is 104. The summed E-state index contributed by atoms with van der Waals surface area (Å²) in [5.74, 6) is 0. The van der Waals surface area contributed by atoms with Crippen molar-refractivity contribution >= 4 is 6.09 Å². The number of amides is 1. The molecule has 0 aliphatic carbocycles. The van der Waals surface area contributed by atoms with Crippen molar-refractivity contribution in [3.63, 3.8) is 0 Å². The van der Waals surface area contributed by atoms with E-state index in [2.05, 4.69) is 15.3 Å². The minimum Gasteiger partial charge on any atom is -0.444 e. The lowest BCUT2D eigenvalue weighted by molar-refractivity contribution is -0.0327. The number of rotatable bonds is 108. The van der Waals surface area contributed by atoms with Gasteiger partial charge in [0.1, 0.15) is 5.60 Å². The van der Waals surface area contributed by atoms with Gasteiger partial charge in [0.05, 0.1) is 462 Å². The van der Waals surface area contributed by atoms with Crippen molar-refractivity contribution in [1.29, 1.82) is 0 Å². The van der Waals surface area contributed by atoms with Crippen LogP contribution in [0.4, 0.5) is 4.79 Å². The predicted molar refractivity (Wildman–Crippen MR) is 427 cm³/mol. The highest BCUT2D eigenvalue weighted by molar-refractivity contribution is 5.67. The van der Waals surface area contributed by atoms with Gasteiger partial charge in [0, 0.05) is 18.0 Å². The van der Waals surface area contributed by atoms with Gasteiger partial charge in [-0.1, -0.05) is 5.11 Å². The van der Waals surface area contributed by atoms with E-state index in [-0.39, 0.29) is 0 Å². The van der Waals surface area contributed by atoms with Crippen molar-refractivity contribution < 1.29 is 175 Å². The molecular formula is C77H154N4O37. The van der Waals surface area contributed by atoms with Gasteiger partial charge in [-0.15, -0.1) is 0 Å². The van der Waals surface area contributed by atoms with Crippen molar-refractivity contribution in [2.75, 3.05) is 476 Å². The molecule has 0 unspecified atom stereocenters. The van der Waals surface area contributed by atoms with E-state index >= 15 is 0 Å². The molecule has 0 spiro atoms. The smallest absolute Gasteiger partial charge is 0.407 e. The fraction of sp³-hybridized carbons (Fsp3) is 0.987. The fourth-order valence-electron chi connectivity index (χ4n) is 8.27. The molecule has 41 heteroatoms. The number of nitrogens with zero attached hydrogens (tertiary/aromatic N) is 3. The molecule has 0 aromatic rings. The first-order valence-electron chi connectivity index (χ1n) is 41.6. The highest BCUT2D eigenvalue weighted by Crippen LogP contribution is 2.06. The maximum absolute atomic E-state index is 11.6. The summed E-state index contributed by atoms with van der Waals surface area (Å²) in [6.07, 6.45) is -0.461. The van der Waals surface area contributed by atoms with E-state index in [1.807, 2.05) is 20.8 Å². The summed E-state index contributed by atoms with van der Waals surface area (Å²) >= 11 is 0. The molecule has 0 bridgehead atoms. The quantitative estimate of drug-likeness (QED) is 0.0395. The zero-order valence-corrected chi connectivity index (χ0v) is 71.9. The topological polar surface area (TPSA) is 410 Å². The summed E-state index contributed by atoms with van der Waals surface area (Å²) in [7, 11) is 0. The summed E-state index contributed by atoms with van der Waals surface area (Å²) in [5.41, 5.74) is 7.66. The summed E-state index contributed by atoms with van der Waals surface area (Å²) in [6, 6.07) is 0. The first-order valence-corrected chi connectivity index (χ1v) is 41.6. The van der Waals surface area contributed by atoms with E-state index in [1.165, 1.54) is 0 Å². The van der Waals surface area contributed by atoms with Crippen LogP contribution in [0.25, 0.3) is 10.4 Å². The second-order valence-electron chi connectivity index (χ2n) is 24.8. The lowest BCUT2D eigenvalue weighted by atomic mass is 10.2. The van der Waals surface area contributed by atoms with Gasteiger partial charge >= 0.3 is 6.09 Å². The van der Waals surface area contributed by atoms with E-state index in [0.717, 1.165) is 0 Å². The number of azide groups is 1. The van der Waals surface area contributed by atoms with Gasteiger partial charge in [0.25, 0.3) is 0 Å². The highest BCUT2D eigenvalue weighted by atomic mass is 16.6. The summed E-state index contributed by atoms with van der Waals surface area (Å²) in [6.45, 7) is 39.1. The summed E-state index contributed by atoms with van der Waals surface area (Å²) in [5, 5.41) is 6.02. The molecule has 41 nitrogen and oxygen atoms in total. The minimum atomic E-state index is -0.525. The number of carbonyl (C=O) groups is 1. The molecule has 0 fully saturated rings. The molecule has 704 valence electrons. The van der Waals surface area contributed by atoms with Gasteiger partial charge < -0.3 is 176 Å². The van der Waals surface area contributed by atoms with Crippen LogP contribution >= 0.6 is 0 Å². The SMILES string of the molecule is CC(C)(C)OC(=O)NCCOCCOCCOCCOCCOCCOCCOCCOCCOCCOCCOCCOCCOCCOCCOCCOCCOCCOCCOCCOCCOCCOCCOCCOCCOCCOCCOCCOCCOCCOCCOCCOCCOCCOCCOCCN=[N+]=[N-]. The monoisotopic (exact) mass is 1730 g/mol. The fourth-order valence-corrected chi connectivity index (χ4v) is 8.27. The lowest BCUT2D eigenvalue weighted by Crippen LogP contribution is -2.34. The average Bonchev–Trinajstić information content (AvgIpc) is 0.951. The van der Waals surface area contributed by atoms with Crippen LogP contribution in [0.1, 0.15) is 20.8 Å². The normalized spacial score (nSPS) is 11.8. The molecule has 0 saturated heterocycles. The van der Waals surface area contributed by atoms with Crippen molar-refractivity contribution in [2.24, 2.45) is 5.11 Å². The lowest BCUT2D eigenvalue weighted by Gasteiger charge is -2.19. The Hall–Kier alpha value is -2.82. The third-order valence-electron chi connectivity index (χ3n) is 14.0. The second kappa shape index (κ2) is 107. The number of carbonyl (C=O) groups excluding carboxylic acids is 1. The predicted octanol–water partition coefficient (Wildman–Crippen LogP) is 2.40. The molecule has 1 N–H and O–H groups in total. The van der Waals surface area contributed by atoms with Crippen molar-refractivity contribution in [2.45, 2.75) is 26.4 Å². The zero-order chi connectivity index (χ0) is 84.6. The molecular weight excluding hydrogens is 1570 g/mol. The van der Waals surface area contributed by atoms with Gasteiger partial charge in [-0.2, -0.15) is 0 Å². The molecule has 0 radical (unpaired) electrons. The Morgan fingerprint density at radius 1 is 0.195 bits per heavy atom. The van der Waals surface area contributed by atoms with Crippen LogP contribution in [0.3, 0.4) is 0 Å². The number of nitrogens with one attached hydrogen (secondary N) is 1. The second-order valence-corrected chi connectivity index (χ2v) is 24.8. The van der Waals surface area contributed by atoms with Crippen LogP contribution in [-0.4, -0.2) is 487 Å². The first kappa shape index (κ1) is 115. The molecule has 1 amide bonds. The van der Waals surface area contributed by atoms with Crippen molar-refractivity contribution in [3.8, 4) is 0 Å². The van der Waals surface area contributed by atoms with Gasteiger partial charge in [0.15, 0.2) is 0 Å².